The lowest BCUT2D eigenvalue weighted by molar-refractivity contribution is 0.185. The van der Waals surface area contributed by atoms with Gasteiger partial charge in [0.1, 0.15) is 5.75 Å². The van der Waals surface area contributed by atoms with Crippen LogP contribution in [0.1, 0.15) is 63.9 Å². The molecule has 1 atom stereocenters. The third-order valence-corrected chi connectivity index (χ3v) is 4.01. The summed E-state index contributed by atoms with van der Waals surface area (Å²) in [4.78, 5) is 8.85. The number of aliphatic hydroxyl groups is 1. The van der Waals surface area contributed by atoms with E-state index in [9.17, 15) is 5.11 Å². The van der Waals surface area contributed by atoms with Gasteiger partial charge < -0.3 is 25.0 Å². The van der Waals surface area contributed by atoms with Crippen molar-refractivity contribution in [1.82, 2.24) is 20.8 Å². The zero-order chi connectivity index (χ0) is 21.2. The Balaban J connectivity index is 0.00000450. The molecule has 8 nitrogen and oxygen atoms in total. The van der Waals surface area contributed by atoms with Crippen LogP contribution in [0.3, 0.4) is 0 Å². The third kappa shape index (κ3) is 8.86. The van der Waals surface area contributed by atoms with Crippen molar-refractivity contribution in [2.75, 3.05) is 19.6 Å². The topological polar surface area (TPSA) is 105 Å². The number of ether oxygens (including phenoxy) is 1. The Hall–Kier alpha value is -1.88. The largest absolute Gasteiger partial charge is 0.491 e. The molecular weight excluding hydrogens is 497 g/mol. The fourth-order valence-electron chi connectivity index (χ4n) is 2.58. The van der Waals surface area contributed by atoms with Gasteiger partial charge in [0, 0.05) is 25.4 Å². The second kappa shape index (κ2) is 13.4. The van der Waals surface area contributed by atoms with Gasteiger partial charge in [0.2, 0.25) is 5.89 Å². The molecule has 0 spiro atoms. The van der Waals surface area contributed by atoms with Crippen molar-refractivity contribution in [3.05, 3.63) is 41.5 Å². The van der Waals surface area contributed by atoms with E-state index in [2.05, 4.69) is 25.8 Å². The predicted molar refractivity (Wildman–Crippen MR) is 129 cm³/mol. The van der Waals surface area contributed by atoms with E-state index < -0.39 is 6.10 Å². The maximum absolute atomic E-state index is 10.5. The standard InChI is InChI=1S/C21H33N5O3.HI/c1-6-22-21(23-11-10-19-25-20(14(2)3)26-29-19)24-13-18(27)16-8-7-9-17(12-16)28-15(4)5;/h7-9,12,14-15,18,27H,6,10-11,13H2,1-5H3,(H2,22,23,24);1H. The summed E-state index contributed by atoms with van der Waals surface area (Å²) in [6.07, 6.45) is -0.0347. The number of benzene rings is 1. The number of guanidine groups is 1. The summed E-state index contributed by atoms with van der Waals surface area (Å²) in [5.41, 5.74) is 0.773. The van der Waals surface area contributed by atoms with Gasteiger partial charge >= 0.3 is 0 Å². The number of hydrogen-bond acceptors (Lipinski definition) is 6. The highest BCUT2D eigenvalue weighted by Crippen LogP contribution is 2.20. The molecule has 9 heteroatoms. The molecule has 0 saturated carbocycles. The van der Waals surface area contributed by atoms with E-state index in [-0.39, 0.29) is 42.5 Å². The Morgan fingerprint density at radius 2 is 2.00 bits per heavy atom. The molecule has 1 unspecified atom stereocenters. The number of aromatic nitrogens is 2. The number of aliphatic hydroxyl groups excluding tert-OH is 1. The Kier molecular flexibility index (Phi) is 11.7. The van der Waals surface area contributed by atoms with Gasteiger partial charge in [0.05, 0.1) is 18.8 Å². The monoisotopic (exact) mass is 531 g/mol. The number of aliphatic imine (C=N–C) groups is 1. The van der Waals surface area contributed by atoms with Crippen molar-refractivity contribution in [2.45, 2.75) is 59.2 Å². The first kappa shape index (κ1) is 26.2. The minimum Gasteiger partial charge on any atom is -0.491 e. The van der Waals surface area contributed by atoms with E-state index in [4.69, 9.17) is 9.26 Å². The van der Waals surface area contributed by atoms with Gasteiger partial charge in [0.15, 0.2) is 11.8 Å². The summed E-state index contributed by atoms with van der Waals surface area (Å²) in [6.45, 7) is 11.5. The van der Waals surface area contributed by atoms with Crippen molar-refractivity contribution < 1.29 is 14.4 Å². The predicted octanol–water partition coefficient (Wildman–Crippen LogP) is 3.43. The van der Waals surface area contributed by atoms with E-state index in [1.807, 2.05) is 58.9 Å². The highest BCUT2D eigenvalue weighted by atomic mass is 127. The number of halogens is 1. The van der Waals surface area contributed by atoms with Crippen LogP contribution in [0, 0.1) is 0 Å². The molecule has 1 aromatic heterocycles. The average molecular weight is 531 g/mol. The van der Waals surface area contributed by atoms with Gasteiger partial charge in [0.25, 0.3) is 0 Å². The van der Waals surface area contributed by atoms with Crippen LogP contribution in [0.2, 0.25) is 0 Å². The lowest BCUT2D eigenvalue weighted by Crippen LogP contribution is -2.38. The Labute approximate surface area is 195 Å². The molecule has 2 aromatic rings. The molecule has 30 heavy (non-hydrogen) atoms. The van der Waals surface area contributed by atoms with Gasteiger partial charge in [-0.3, -0.25) is 4.99 Å². The van der Waals surface area contributed by atoms with Crippen LogP contribution in [0.25, 0.3) is 0 Å². The van der Waals surface area contributed by atoms with Crippen LogP contribution in [0.5, 0.6) is 5.75 Å². The summed E-state index contributed by atoms with van der Waals surface area (Å²) in [7, 11) is 0. The van der Waals surface area contributed by atoms with Gasteiger partial charge in [-0.15, -0.1) is 24.0 Å². The number of nitrogens with one attached hydrogen (secondary N) is 2. The van der Waals surface area contributed by atoms with E-state index >= 15 is 0 Å². The van der Waals surface area contributed by atoms with Crippen LogP contribution < -0.4 is 15.4 Å². The smallest absolute Gasteiger partial charge is 0.228 e. The molecule has 168 valence electrons. The van der Waals surface area contributed by atoms with Gasteiger partial charge in [-0.05, 0) is 38.5 Å². The fourth-order valence-corrected chi connectivity index (χ4v) is 2.58. The second-order valence-corrected chi connectivity index (χ2v) is 7.35. The quantitative estimate of drug-likeness (QED) is 0.245. The zero-order valence-corrected chi connectivity index (χ0v) is 20.7. The van der Waals surface area contributed by atoms with E-state index in [0.717, 1.165) is 17.9 Å². The molecule has 0 bridgehead atoms. The number of rotatable bonds is 10. The van der Waals surface area contributed by atoms with Crippen LogP contribution in [-0.2, 0) is 6.42 Å². The normalized spacial score (nSPS) is 12.6. The highest BCUT2D eigenvalue weighted by molar-refractivity contribution is 14.0. The molecule has 0 saturated heterocycles. The molecule has 3 N–H and O–H groups in total. The summed E-state index contributed by atoms with van der Waals surface area (Å²) < 4.78 is 10.9. The summed E-state index contributed by atoms with van der Waals surface area (Å²) in [6, 6.07) is 7.48. The molecule has 0 aliphatic carbocycles. The van der Waals surface area contributed by atoms with Crippen LogP contribution in [0.4, 0.5) is 0 Å². The summed E-state index contributed by atoms with van der Waals surface area (Å²) in [5, 5.41) is 20.9. The van der Waals surface area contributed by atoms with Crippen LogP contribution in [-0.4, -0.2) is 46.9 Å². The molecular formula is C21H34IN5O3. The molecule has 1 heterocycles. The maximum atomic E-state index is 10.5. The minimum atomic E-state index is -0.717. The Morgan fingerprint density at radius 3 is 2.63 bits per heavy atom. The van der Waals surface area contributed by atoms with Crippen molar-refractivity contribution >= 4 is 29.9 Å². The summed E-state index contributed by atoms with van der Waals surface area (Å²) in [5.74, 6) is 2.92. The Bertz CT molecular complexity index is 780. The fraction of sp³-hybridized carbons (Fsp3) is 0.571. The van der Waals surface area contributed by atoms with E-state index in [1.54, 1.807) is 0 Å². The van der Waals surface area contributed by atoms with Gasteiger partial charge in [-0.1, -0.05) is 31.1 Å². The van der Waals surface area contributed by atoms with Crippen molar-refractivity contribution in [2.24, 2.45) is 4.99 Å². The van der Waals surface area contributed by atoms with Gasteiger partial charge in [-0.25, -0.2) is 0 Å². The minimum absolute atomic E-state index is 0. The average Bonchev–Trinajstić information content (AvgIpc) is 3.15. The molecule has 0 aliphatic rings. The first-order chi connectivity index (χ1) is 13.9. The van der Waals surface area contributed by atoms with E-state index in [0.29, 0.717) is 30.6 Å². The number of hydrogen-bond donors (Lipinski definition) is 3. The van der Waals surface area contributed by atoms with Gasteiger partial charge in [-0.2, -0.15) is 4.98 Å². The molecule has 0 amide bonds. The lowest BCUT2D eigenvalue weighted by atomic mass is 10.1. The van der Waals surface area contributed by atoms with Crippen molar-refractivity contribution in [1.29, 1.82) is 0 Å². The second-order valence-electron chi connectivity index (χ2n) is 7.35. The molecule has 0 radical (unpaired) electrons. The first-order valence-electron chi connectivity index (χ1n) is 10.2. The maximum Gasteiger partial charge on any atom is 0.228 e. The SMILES string of the molecule is CCNC(=NCC(O)c1cccc(OC(C)C)c1)NCCc1nc(C(C)C)no1.I. The third-order valence-electron chi connectivity index (χ3n) is 4.01. The molecule has 1 aromatic carbocycles. The molecule has 2 rings (SSSR count). The molecule has 0 fully saturated rings. The van der Waals surface area contributed by atoms with E-state index in [1.165, 1.54) is 0 Å². The lowest BCUT2D eigenvalue weighted by Gasteiger charge is -2.15. The summed E-state index contributed by atoms with van der Waals surface area (Å²) >= 11 is 0. The van der Waals surface area contributed by atoms with Crippen molar-refractivity contribution in [3.8, 4) is 5.75 Å². The highest BCUT2D eigenvalue weighted by Gasteiger charge is 2.11. The van der Waals surface area contributed by atoms with Crippen molar-refractivity contribution in [3.63, 3.8) is 0 Å². The Morgan fingerprint density at radius 1 is 1.23 bits per heavy atom. The molecule has 0 aliphatic heterocycles. The zero-order valence-electron chi connectivity index (χ0n) is 18.4. The van der Waals surface area contributed by atoms with Crippen LogP contribution in [0.15, 0.2) is 33.8 Å². The first-order valence-corrected chi connectivity index (χ1v) is 10.2. The van der Waals surface area contributed by atoms with Crippen LogP contribution >= 0.6 is 24.0 Å². The number of nitrogens with zero attached hydrogens (tertiary/aromatic N) is 3.